The topological polar surface area (TPSA) is 41.5 Å². The van der Waals surface area contributed by atoms with E-state index in [0.717, 1.165) is 5.56 Å². The van der Waals surface area contributed by atoms with Crippen molar-refractivity contribution in [3.05, 3.63) is 70.2 Å². The Hall–Kier alpha value is -2.13. The minimum atomic E-state index is -0.247. The van der Waals surface area contributed by atoms with Gasteiger partial charge in [-0.1, -0.05) is 62.7 Å². The van der Waals surface area contributed by atoms with E-state index in [4.69, 9.17) is 11.6 Å². The molecule has 22 heavy (non-hydrogen) atoms. The van der Waals surface area contributed by atoms with Gasteiger partial charge < -0.3 is 0 Å². The van der Waals surface area contributed by atoms with E-state index in [1.165, 1.54) is 11.8 Å². The van der Waals surface area contributed by atoms with E-state index in [1.54, 1.807) is 18.2 Å². The summed E-state index contributed by atoms with van der Waals surface area (Å²) in [6.45, 7) is 6.40. The Morgan fingerprint density at radius 1 is 1.09 bits per heavy atom. The smallest absolute Gasteiger partial charge is 0.267 e. The lowest BCUT2D eigenvalue weighted by molar-refractivity contribution is 0.0955. The molecule has 0 spiro atoms. The molecule has 4 heteroatoms. The van der Waals surface area contributed by atoms with Gasteiger partial charge in [0.25, 0.3) is 5.91 Å². The number of hydrazone groups is 1. The summed E-state index contributed by atoms with van der Waals surface area (Å²) < 4.78 is 0. The first-order valence-electron chi connectivity index (χ1n) is 7.06. The molecule has 0 saturated carbocycles. The Morgan fingerprint density at radius 2 is 1.73 bits per heavy atom. The zero-order chi connectivity index (χ0) is 16.2. The molecule has 0 aromatic heterocycles. The molecule has 0 saturated heterocycles. The molecule has 1 amide bonds. The number of hydrogen-bond acceptors (Lipinski definition) is 2. The van der Waals surface area contributed by atoms with E-state index in [0.29, 0.717) is 10.6 Å². The van der Waals surface area contributed by atoms with Crippen molar-refractivity contribution in [3.8, 4) is 0 Å². The van der Waals surface area contributed by atoms with Crippen molar-refractivity contribution in [1.29, 1.82) is 0 Å². The van der Waals surface area contributed by atoms with Crippen molar-refractivity contribution in [1.82, 2.24) is 5.43 Å². The molecule has 0 bridgehead atoms. The van der Waals surface area contributed by atoms with Crippen molar-refractivity contribution in [3.63, 3.8) is 0 Å². The highest BCUT2D eigenvalue weighted by molar-refractivity contribution is 6.33. The first-order chi connectivity index (χ1) is 10.4. The molecule has 0 heterocycles. The van der Waals surface area contributed by atoms with Gasteiger partial charge in [0.15, 0.2) is 0 Å². The Balaban J connectivity index is 2.02. The van der Waals surface area contributed by atoms with Crippen molar-refractivity contribution in [2.24, 2.45) is 5.10 Å². The maximum Gasteiger partial charge on any atom is 0.271 e. The first-order valence-corrected chi connectivity index (χ1v) is 7.44. The standard InChI is InChI=1S/C18H19ClN2O/c1-18(2,3)15-10-8-13(9-11-15)17(22)21-20-12-14-6-4-5-7-16(14)19/h4-12H,1-3H3,(H,21,22)/b20-12-. The molecule has 0 unspecified atom stereocenters. The largest absolute Gasteiger partial charge is 0.271 e. The minimum absolute atomic E-state index is 0.0667. The lowest BCUT2D eigenvalue weighted by atomic mass is 9.87. The molecule has 2 aromatic rings. The molecule has 0 aliphatic carbocycles. The molecule has 0 fully saturated rings. The lowest BCUT2D eigenvalue weighted by Crippen LogP contribution is -2.18. The summed E-state index contributed by atoms with van der Waals surface area (Å²) in [7, 11) is 0. The second kappa shape index (κ2) is 6.75. The lowest BCUT2D eigenvalue weighted by Gasteiger charge is -2.18. The summed E-state index contributed by atoms with van der Waals surface area (Å²) in [5, 5.41) is 4.53. The van der Waals surface area contributed by atoms with Gasteiger partial charge in [-0.05, 0) is 29.2 Å². The molecule has 2 rings (SSSR count). The zero-order valence-corrected chi connectivity index (χ0v) is 13.7. The van der Waals surface area contributed by atoms with Crippen molar-refractivity contribution in [2.75, 3.05) is 0 Å². The quantitative estimate of drug-likeness (QED) is 0.662. The molecule has 3 nitrogen and oxygen atoms in total. The molecule has 2 aromatic carbocycles. The third-order valence-corrected chi connectivity index (χ3v) is 3.63. The van der Waals surface area contributed by atoms with Crippen LogP contribution in [0.25, 0.3) is 0 Å². The van der Waals surface area contributed by atoms with E-state index < -0.39 is 0 Å². The van der Waals surface area contributed by atoms with Crippen molar-refractivity contribution in [2.45, 2.75) is 26.2 Å². The second-order valence-corrected chi connectivity index (χ2v) is 6.46. The van der Waals surface area contributed by atoms with Gasteiger partial charge in [-0.2, -0.15) is 5.10 Å². The van der Waals surface area contributed by atoms with Gasteiger partial charge in [0.05, 0.1) is 6.21 Å². The van der Waals surface area contributed by atoms with Crippen LogP contribution in [0.2, 0.25) is 5.02 Å². The monoisotopic (exact) mass is 314 g/mol. The summed E-state index contributed by atoms with van der Waals surface area (Å²) >= 11 is 6.01. The van der Waals surface area contributed by atoms with Gasteiger partial charge in [0.2, 0.25) is 0 Å². The van der Waals surface area contributed by atoms with E-state index in [-0.39, 0.29) is 11.3 Å². The summed E-state index contributed by atoms with van der Waals surface area (Å²) in [5.74, 6) is -0.247. The molecular weight excluding hydrogens is 296 g/mol. The van der Waals surface area contributed by atoms with Crippen LogP contribution < -0.4 is 5.43 Å². The third kappa shape index (κ3) is 4.18. The van der Waals surface area contributed by atoms with Gasteiger partial charge in [-0.25, -0.2) is 5.43 Å². The van der Waals surface area contributed by atoms with Crippen LogP contribution in [0, 0.1) is 0 Å². The number of rotatable bonds is 3. The number of hydrogen-bond donors (Lipinski definition) is 1. The highest BCUT2D eigenvalue weighted by Crippen LogP contribution is 2.22. The van der Waals surface area contributed by atoms with Crippen molar-refractivity contribution < 1.29 is 4.79 Å². The maximum absolute atomic E-state index is 12.0. The predicted molar refractivity (Wildman–Crippen MR) is 91.7 cm³/mol. The van der Waals surface area contributed by atoms with Gasteiger partial charge in [-0.15, -0.1) is 0 Å². The first kappa shape index (κ1) is 16.2. The highest BCUT2D eigenvalue weighted by Gasteiger charge is 2.14. The summed E-state index contributed by atoms with van der Waals surface area (Å²) in [5.41, 5.74) is 5.09. The fraction of sp³-hybridized carbons (Fsp3) is 0.222. The van der Waals surface area contributed by atoms with Crippen LogP contribution in [0.3, 0.4) is 0 Å². The van der Waals surface area contributed by atoms with E-state index in [2.05, 4.69) is 31.3 Å². The fourth-order valence-corrected chi connectivity index (χ4v) is 2.11. The van der Waals surface area contributed by atoms with Gasteiger partial charge in [-0.3, -0.25) is 4.79 Å². The number of halogens is 1. The summed E-state index contributed by atoms with van der Waals surface area (Å²) in [6.07, 6.45) is 1.53. The number of carbonyl (C=O) groups excluding carboxylic acids is 1. The Bertz CT molecular complexity index is 685. The van der Waals surface area contributed by atoms with Crippen LogP contribution in [-0.4, -0.2) is 12.1 Å². The Labute approximate surface area is 136 Å². The van der Waals surface area contributed by atoms with Crippen LogP contribution in [0.5, 0.6) is 0 Å². The molecule has 0 radical (unpaired) electrons. The van der Waals surface area contributed by atoms with Gasteiger partial charge in [0, 0.05) is 16.1 Å². The normalized spacial score (nSPS) is 11.6. The number of benzene rings is 2. The minimum Gasteiger partial charge on any atom is -0.267 e. The Morgan fingerprint density at radius 3 is 2.32 bits per heavy atom. The van der Waals surface area contributed by atoms with Crippen LogP contribution in [0.1, 0.15) is 42.3 Å². The summed E-state index contributed by atoms with van der Waals surface area (Å²) in [4.78, 5) is 12.0. The molecule has 0 aliphatic rings. The number of nitrogens with zero attached hydrogens (tertiary/aromatic N) is 1. The molecular formula is C18H19ClN2O. The van der Waals surface area contributed by atoms with Crippen LogP contribution in [-0.2, 0) is 5.41 Å². The van der Waals surface area contributed by atoms with Crippen LogP contribution in [0.15, 0.2) is 53.6 Å². The zero-order valence-electron chi connectivity index (χ0n) is 12.9. The number of carbonyl (C=O) groups is 1. The van der Waals surface area contributed by atoms with E-state index in [9.17, 15) is 4.79 Å². The highest BCUT2D eigenvalue weighted by atomic mass is 35.5. The molecule has 0 aliphatic heterocycles. The average Bonchev–Trinajstić information content (AvgIpc) is 2.48. The SMILES string of the molecule is CC(C)(C)c1ccc(C(=O)N/N=C\c2ccccc2Cl)cc1. The number of amides is 1. The van der Waals surface area contributed by atoms with Gasteiger partial charge >= 0.3 is 0 Å². The van der Waals surface area contributed by atoms with Crippen molar-refractivity contribution >= 4 is 23.7 Å². The maximum atomic E-state index is 12.0. The molecule has 1 N–H and O–H groups in total. The van der Waals surface area contributed by atoms with Gasteiger partial charge in [0.1, 0.15) is 0 Å². The van der Waals surface area contributed by atoms with E-state index >= 15 is 0 Å². The summed E-state index contributed by atoms with van der Waals surface area (Å²) in [6, 6.07) is 14.8. The second-order valence-electron chi connectivity index (χ2n) is 6.05. The molecule has 0 atom stereocenters. The molecule has 114 valence electrons. The average molecular weight is 315 g/mol. The predicted octanol–water partition coefficient (Wildman–Crippen LogP) is 4.40. The fourth-order valence-electron chi connectivity index (χ4n) is 1.93. The number of nitrogens with one attached hydrogen (secondary N) is 1. The van der Waals surface area contributed by atoms with E-state index in [1.807, 2.05) is 30.3 Å². The Kier molecular flexibility index (Phi) is 4.99. The van der Waals surface area contributed by atoms with Crippen LogP contribution >= 0.6 is 11.6 Å². The van der Waals surface area contributed by atoms with Crippen LogP contribution in [0.4, 0.5) is 0 Å². The third-order valence-electron chi connectivity index (χ3n) is 3.29.